The van der Waals surface area contributed by atoms with Gasteiger partial charge in [0.2, 0.25) is 11.8 Å². The average Bonchev–Trinajstić information content (AvgIpc) is 2.84. The summed E-state index contributed by atoms with van der Waals surface area (Å²) in [5, 5.41) is 6.53. The summed E-state index contributed by atoms with van der Waals surface area (Å²) >= 11 is 0. The fourth-order valence-corrected chi connectivity index (χ4v) is 2.98. The summed E-state index contributed by atoms with van der Waals surface area (Å²) in [7, 11) is 0. The fraction of sp³-hybridized carbons (Fsp3) is 0.444. The number of anilines is 1. The second-order valence-corrected chi connectivity index (χ2v) is 6.27. The van der Waals surface area contributed by atoms with Gasteiger partial charge in [-0.25, -0.2) is 0 Å². The Morgan fingerprint density at radius 1 is 1.17 bits per heavy atom. The number of aryl methyl sites for hydroxylation is 1. The van der Waals surface area contributed by atoms with Crippen LogP contribution in [0.15, 0.2) is 40.9 Å². The van der Waals surface area contributed by atoms with E-state index in [0.717, 1.165) is 44.8 Å². The van der Waals surface area contributed by atoms with Crippen molar-refractivity contribution >= 4 is 11.8 Å². The minimum atomic E-state index is -0.0531. The van der Waals surface area contributed by atoms with Gasteiger partial charge in [-0.1, -0.05) is 35.5 Å². The number of aromatic nitrogens is 1. The van der Waals surface area contributed by atoms with E-state index in [4.69, 9.17) is 4.52 Å². The summed E-state index contributed by atoms with van der Waals surface area (Å²) in [6.07, 6.45) is 1.07. The van der Waals surface area contributed by atoms with Crippen LogP contribution in [0.4, 0.5) is 5.88 Å². The van der Waals surface area contributed by atoms with Crippen LogP contribution in [0.1, 0.15) is 17.7 Å². The predicted molar refractivity (Wildman–Crippen MR) is 92.6 cm³/mol. The van der Waals surface area contributed by atoms with Crippen molar-refractivity contribution in [1.29, 1.82) is 0 Å². The number of benzene rings is 1. The Kier molecular flexibility index (Phi) is 5.61. The van der Waals surface area contributed by atoms with Gasteiger partial charge in [-0.15, -0.1) is 0 Å². The van der Waals surface area contributed by atoms with E-state index in [-0.39, 0.29) is 5.91 Å². The highest BCUT2D eigenvalue weighted by Crippen LogP contribution is 2.10. The molecule has 6 heteroatoms. The van der Waals surface area contributed by atoms with Gasteiger partial charge < -0.3 is 4.52 Å². The maximum absolute atomic E-state index is 12.1. The van der Waals surface area contributed by atoms with Crippen LogP contribution in [0.5, 0.6) is 0 Å². The first-order valence-corrected chi connectivity index (χ1v) is 8.41. The largest absolute Gasteiger partial charge is 0.338 e. The highest BCUT2D eigenvalue weighted by molar-refractivity contribution is 5.90. The number of carbonyl (C=O) groups excluding carboxylic acids is 1. The molecule has 2 aromatic rings. The van der Waals surface area contributed by atoms with E-state index < -0.39 is 0 Å². The van der Waals surface area contributed by atoms with Crippen LogP contribution in [0.3, 0.4) is 0 Å². The van der Waals surface area contributed by atoms with E-state index >= 15 is 0 Å². The lowest BCUT2D eigenvalue weighted by Gasteiger charge is -2.21. The molecule has 0 aliphatic carbocycles. The first-order valence-electron chi connectivity index (χ1n) is 8.41. The SMILES string of the molecule is Cc1cc(NC(=O)CN2CCCN(Cc3ccccc3)CC2)on1. The second kappa shape index (κ2) is 8.08. The summed E-state index contributed by atoms with van der Waals surface area (Å²) in [6.45, 7) is 7.06. The molecule has 1 aromatic carbocycles. The van der Waals surface area contributed by atoms with Crippen molar-refractivity contribution in [2.75, 3.05) is 38.0 Å². The molecule has 3 rings (SSSR count). The first kappa shape index (κ1) is 16.7. The monoisotopic (exact) mass is 328 g/mol. The molecule has 1 aromatic heterocycles. The van der Waals surface area contributed by atoms with Crippen molar-refractivity contribution in [3.05, 3.63) is 47.7 Å². The number of hydrogen-bond acceptors (Lipinski definition) is 5. The van der Waals surface area contributed by atoms with Gasteiger partial charge in [-0.3, -0.25) is 19.9 Å². The molecule has 128 valence electrons. The third kappa shape index (κ3) is 4.91. The third-order valence-corrected chi connectivity index (χ3v) is 4.19. The zero-order valence-electron chi connectivity index (χ0n) is 14.1. The molecule has 1 aliphatic heterocycles. The number of nitrogens with zero attached hydrogens (tertiary/aromatic N) is 3. The van der Waals surface area contributed by atoms with Gasteiger partial charge in [0, 0.05) is 25.7 Å². The number of carbonyl (C=O) groups is 1. The summed E-state index contributed by atoms with van der Waals surface area (Å²) < 4.78 is 5.02. The molecule has 1 fully saturated rings. The summed E-state index contributed by atoms with van der Waals surface area (Å²) in [5.74, 6) is 0.362. The standard InChI is InChI=1S/C18H24N4O2/c1-15-12-18(24-20-15)19-17(23)14-22-9-5-8-21(10-11-22)13-16-6-3-2-4-7-16/h2-4,6-7,12H,5,8-11,13-14H2,1H3,(H,19,23). The Morgan fingerprint density at radius 2 is 1.92 bits per heavy atom. The van der Waals surface area contributed by atoms with Gasteiger partial charge in [0.05, 0.1) is 12.2 Å². The van der Waals surface area contributed by atoms with Crippen LogP contribution in [0.25, 0.3) is 0 Å². The Hall–Kier alpha value is -2.18. The van der Waals surface area contributed by atoms with Crippen molar-refractivity contribution in [3.63, 3.8) is 0 Å². The highest BCUT2D eigenvalue weighted by atomic mass is 16.5. The normalized spacial score (nSPS) is 16.7. The van der Waals surface area contributed by atoms with E-state index in [1.165, 1.54) is 5.56 Å². The Labute approximate surface area is 142 Å². The zero-order chi connectivity index (χ0) is 16.8. The molecule has 6 nitrogen and oxygen atoms in total. The minimum absolute atomic E-state index is 0.0531. The number of hydrogen-bond donors (Lipinski definition) is 1. The predicted octanol–water partition coefficient (Wildman–Crippen LogP) is 2.13. The lowest BCUT2D eigenvalue weighted by molar-refractivity contribution is -0.117. The van der Waals surface area contributed by atoms with Gasteiger partial charge >= 0.3 is 0 Å². The fourth-order valence-electron chi connectivity index (χ4n) is 2.98. The van der Waals surface area contributed by atoms with E-state index in [2.05, 4.69) is 44.5 Å². The number of nitrogens with one attached hydrogen (secondary N) is 1. The molecule has 1 aliphatic rings. The summed E-state index contributed by atoms with van der Waals surface area (Å²) in [5.41, 5.74) is 2.10. The van der Waals surface area contributed by atoms with Crippen molar-refractivity contribution in [1.82, 2.24) is 15.0 Å². The van der Waals surface area contributed by atoms with E-state index in [1.54, 1.807) is 6.07 Å². The quantitative estimate of drug-likeness (QED) is 0.911. The lowest BCUT2D eigenvalue weighted by Crippen LogP contribution is -2.36. The van der Waals surface area contributed by atoms with Crippen molar-refractivity contribution in [3.8, 4) is 0 Å². The molecular weight excluding hydrogens is 304 g/mol. The Balaban J connectivity index is 1.45. The second-order valence-electron chi connectivity index (χ2n) is 6.27. The molecule has 1 N–H and O–H groups in total. The topological polar surface area (TPSA) is 61.6 Å². The third-order valence-electron chi connectivity index (χ3n) is 4.19. The Morgan fingerprint density at radius 3 is 2.67 bits per heavy atom. The zero-order valence-corrected chi connectivity index (χ0v) is 14.1. The van der Waals surface area contributed by atoms with Crippen LogP contribution in [-0.2, 0) is 11.3 Å². The van der Waals surface area contributed by atoms with Crippen molar-refractivity contribution in [2.45, 2.75) is 19.9 Å². The van der Waals surface area contributed by atoms with Crippen LogP contribution in [0.2, 0.25) is 0 Å². The van der Waals surface area contributed by atoms with Crippen LogP contribution >= 0.6 is 0 Å². The van der Waals surface area contributed by atoms with Gasteiger partial charge in [-0.05, 0) is 32.0 Å². The van der Waals surface area contributed by atoms with E-state index in [1.807, 2.05) is 13.0 Å². The van der Waals surface area contributed by atoms with Gasteiger partial charge in [0.15, 0.2) is 0 Å². The average molecular weight is 328 g/mol. The Bertz CT molecular complexity index is 656. The minimum Gasteiger partial charge on any atom is -0.338 e. The van der Waals surface area contributed by atoms with Gasteiger partial charge in [-0.2, -0.15) is 0 Å². The highest BCUT2D eigenvalue weighted by Gasteiger charge is 2.17. The molecule has 0 spiro atoms. The maximum atomic E-state index is 12.1. The molecule has 0 saturated carbocycles. The van der Waals surface area contributed by atoms with Gasteiger partial charge in [0.25, 0.3) is 0 Å². The molecular formula is C18H24N4O2. The maximum Gasteiger partial charge on any atom is 0.240 e. The van der Waals surface area contributed by atoms with E-state index in [0.29, 0.717) is 12.4 Å². The molecule has 2 heterocycles. The number of amides is 1. The van der Waals surface area contributed by atoms with Crippen molar-refractivity contribution < 1.29 is 9.32 Å². The molecule has 0 radical (unpaired) electrons. The van der Waals surface area contributed by atoms with E-state index in [9.17, 15) is 4.79 Å². The lowest BCUT2D eigenvalue weighted by atomic mass is 10.2. The van der Waals surface area contributed by atoms with Crippen molar-refractivity contribution in [2.24, 2.45) is 0 Å². The smallest absolute Gasteiger partial charge is 0.240 e. The van der Waals surface area contributed by atoms with Crippen LogP contribution in [0, 0.1) is 6.92 Å². The van der Waals surface area contributed by atoms with Crippen LogP contribution in [-0.4, -0.2) is 53.6 Å². The molecule has 1 amide bonds. The van der Waals surface area contributed by atoms with Gasteiger partial charge in [0.1, 0.15) is 0 Å². The summed E-state index contributed by atoms with van der Waals surface area (Å²) in [4.78, 5) is 16.8. The molecule has 0 bridgehead atoms. The molecule has 0 atom stereocenters. The van der Waals surface area contributed by atoms with Crippen LogP contribution < -0.4 is 5.32 Å². The summed E-state index contributed by atoms with van der Waals surface area (Å²) in [6, 6.07) is 12.2. The molecule has 1 saturated heterocycles. The molecule has 0 unspecified atom stereocenters. The number of rotatable bonds is 5. The first-order chi connectivity index (χ1) is 11.7. The molecule has 24 heavy (non-hydrogen) atoms.